The van der Waals surface area contributed by atoms with E-state index in [9.17, 15) is 4.79 Å². The normalized spacial score (nSPS) is 9.80. The van der Waals surface area contributed by atoms with Crippen LogP contribution in [0.1, 0.15) is 29.9 Å². The monoisotopic (exact) mass is 210 g/mol. The van der Waals surface area contributed by atoms with Crippen molar-refractivity contribution < 1.29 is 14.3 Å². The average Bonchev–Trinajstić information content (AvgIpc) is 2.18. The van der Waals surface area contributed by atoms with Gasteiger partial charge in [-0.25, -0.2) is 9.78 Å². The highest BCUT2D eigenvalue weighted by Gasteiger charge is 2.12. The van der Waals surface area contributed by atoms with Gasteiger partial charge in [-0.2, -0.15) is 4.98 Å². The van der Waals surface area contributed by atoms with E-state index in [4.69, 9.17) is 9.47 Å². The molecule has 1 heterocycles. The number of ether oxygens (including phenoxy) is 2. The fourth-order valence-corrected chi connectivity index (χ4v) is 1.05. The summed E-state index contributed by atoms with van der Waals surface area (Å²) < 4.78 is 9.96. The molecule has 0 saturated heterocycles. The predicted octanol–water partition coefficient (Wildman–Crippen LogP) is 1.36. The van der Waals surface area contributed by atoms with Gasteiger partial charge < -0.3 is 9.47 Å². The zero-order valence-corrected chi connectivity index (χ0v) is 9.11. The summed E-state index contributed by atoms with van der Waals surface area (Å²) in [6.45, 7) is 6.15. The molecular weight excluding hydrogens is 196 g/mol. The molecule has 1 rings (SSSR count). The topological polar surface area (TPSA) is 61.3 Å². The Kier molecular flexibility index (Phi) is 4.03. The van der Waals surface area contributed by atoms with Gasteiger partial charge in [0.15, 0.2) is 0 Å². The lowest BCUT2D eigenvalue weighted by Crippen LogP contribution is -2.09. The van der Waals surface area contributed by atoms with Crippen molar-refractivity contribution in [1.82, 2.24) is 9.97 Å². The highest BCUT2D eigenvalue weighted by molar-refractivity contribution is 5.90. The molecule has 0 fully saturated rings. The summed E-state index contributed by atoms with van der Waals surface area (Å²) in [4.78, 5) is 19.3. The smallest absolute Gasteiger partial charge is 0.341 e. The first-order valence-corrected chi connectivity index (χ1v) is 4.82. The lowest BCUT2D eigenvalue weighted by atomic mass is 10.2. The van der Waals surface area contributed by atoms with E-state index >= 15 is 0 Å². The molecule has 0 aliphatic rings. The van der Waals surface area contributed by atoms with E-state index in [0.29, 0.717) is 24.5 Å². The van der Waals surface area contributed by atoms with Crippen LogP contribution in [-0.2, 0) is 4.74 Å². The second kappa shape index (κ2) is 5.29. The molecule has 15 heavy (non-hydrogen) atoms. The number of nitrogens with zero attached hydrogens (tertiary/aromatic N) is 2. The van der Waals surface area contributed by atoms with Gasteiger partial charge in [-0.3, -0.25) is 0 Å². The van der Waals surface area contributed by atoms with Crippen molar-refractivity contribution in [1.29, 1.82) is 0 Å². The van der Waals surface area contributed by atoms with Crippen LogP contribution in [0, 0.1) is 6.92 Å². The Balaban J connectivity index is 2.87. The molecule has 82 valence electrons. The van der Waals surface area contributed by atoms with Crippen molar-refractivity contribution in [2.45, 2.75) is 20.8 Å². The zero-order chi connectivity index (χ0) is 11.3. The third-order valence-electron chi connectivity index (χ3n) is 1.73. The summed E-state index contributed by atoms with van der Waals surface area (Å²) >= 11 is 0. The predicted molar refractivity (Wildman–Crippen MR) is 53.9 cm³/mol. The number of rotatable bonds is 4. The minimum Gasteiger partial charge on any atom is -0.464 e. The van der Waals surface area contributed by atoms with Crippen LogP contribution in [0.15, 0.2) is 6.20 Å². The van der Waals surface area contributed by atoms with Gasteiger partial charge in [0.2, 0.25) is 0 Å². The van der Waals surface area contributed by atoms with Gasteiger partial charge in [0.1, 0.15) is 0 Å². The Bertz CT molecular complexity index is 353. The Morgan fingerprint density at radius 1 is 1.40 bits per heavy atom. The molecule has 0 spiro atoms. The van der Waals surface area contributed by atoms with E-state index < -0.39 is 5.97 Å². The highest BCUT2D eigenvalue weighted by atomic mass is 16.5. The van der Waals surface area contributed by atoms with Crippen molar-refractivity contribution in [2.24, 2.45) is 0 Å². The van der Waals surface area contributed by atoms with Gasteiger partial charge in [0, 0.05) is 6.20 Å². The fourth-order valence-electron chi connectivity index (χ4n) is 1.05. The average molecular weight is 210 g/mol. The third kappa shape index (κ3) is 2.90. The highest BCUT2D eigenvalue weighted by Crippen LogP contribution is 2.09. The van der Waals surface area contributed by atoms with Gasteiger partial charge in [-0.1, -0.05) is 0 Å². The molecule has 0 amide bonds. The van der Waals surface area contributed by atoms with Crippen LogP contribution >= 0.6 is 0 Å². The summed E-state index contributed by atoms with van der Waals surface area (Å²) in [5.74, 6) is -0.405. The minimum atomic E-state index is -0.405. The number of aromatic nitrogens is 2. The van der Waals surface area contributed by atoms with Gasteiger partial charge in [0.25, 0.3) is 0 Å². The van der Waals surface area contributed by atoms with Crippen LogP contribution < -0.4 is 4.74 Å². The van der Waals surface area contributed by atoms with Crippen LogP contribution in [0.5, 0.6) is 6.01 Å². The Morgan fingerprint density at radius 3 is 2.67 bits per heavy atom. The van der Waals surface area contributed by atoms with Crippen molar-refractivity contribution >= 4 is 5.97 Å². The van der Waals surface area contributed by atoms with E-state index in [1.165, 1.54) is 6.20 Å². The van der Waals surface area contributed by atoms with E-state index in [-0.39, 0.29) is 6.01 Å². The fraction of sp³-hybridized carbons (Fsp3) is 0.500. The van der Waals surface area contributed by atoms with Crippen LogP contribution in [0.2, 0.25) is 0 Å². The largest absolute Gasteiger partial charge is 0.464 e. The maximum atomic E-state index is 11.4. The van der Waals surface area contributed by atoms with Gasteiger partial charge in [-0.15, -0.1) is 0 Å². The first-order chi connectivity index (χ1) is 7.19. The third-order valence-corrected chi connectivity index (χ3v) is 1.73. The molecule has 5 heteroatoms. The quantitative estimate of drug-likeness (QED) is 0.702. The molecule has 0 aromatic carbocycles. The molecule has 1 aromatic rings. The van der Waals surface area contributed by atoms with Crippen molar-refractivity contribution in [3.63, 3.8) is 0 Å². The Labute approximate surface area is 88.4 Å². The summed E-state index contributed by atoms with van der Waals surface area (Å²) in [7, 11) is 0. The molecule has 0 aliphatic heterocycles. The summed E-state index contributed by atoms with van der Waals surface area (Å²) in [5, 5.41) is 0. The van der Waals surface area contributed by atoms with Crippen LogP contribution in [-0.4, -0.2) is 29.2 Å². The first-order valence-electron chi connectivity index (χ1n) is 4.82. The van der Waals surface area contributed by atoms with Crippen molar-refractivity contribution in [3.8, 4) is 6.01 Å². The first kappa shape index (κ1) is 11.4. The molecule has 0 N–H and O–H groups in total. The van der Waals surface area contributed by atoms with E-state index in [0.717, 1.165) is 0 Å². The van der Waals surface area contributed by atoms with Gasteiger partial charge in [-0.05, 0) is 20.8 Å². The molecule has 0 radical (unpaired) electrons. The van der Waals surface area contributed by atoms with Crippen molar-refractivity contribution in [2.75, 3.05) is 13.2 Å². The lowest BCUT2D eigenvalue weighted by Gasteiger charge is -2.05. The number of carbonyl (C=O) groups excluding carboxylic acids is 1. The van der Waals surface area contributed by atoms with Crippen LogP contribution in [0.4, 0.5) is 0 Å². The molecule has 0 bridgehead atoms. The summed E-state index contributed by atoms with van der Waals surface area (Å²) in [6.07, 6.45) is 1.42. The molecule has 0 aliphatic carbocycles. The van der Waals surface area contributed by atoms with Crippen LogP contribution in [0.25, 0.3) is 0 Å². The Hall–Kier alpha value is -1.65. The maximum absolute atomic E-state index is 11.4. The van der Waals surface area contributed by atoms with Crippen molar-refractivity contribution in [3.05, 3.63) is 17.5 Å². The minimum absolute atomic E-state index is 0.281. The van der Waals surface area contributed by atoms with E-state index in [1.54, 1.807) is 13.8 Å². The number of hydrogen-bond donors (Lipinski definition) is 0. The zero-order valence-electron chi connectivity index (χ0n) is 9.11. The lowest BCUT2D eigenvalue weighted by molar-refractivity contribution is 0.0524. The SMILES string of the molecule is CCOC(=O)c1cnc(OCC)nc1C. The molecule has 0 saturated carbocycles. The standard InChI is InChI=1S/C10H14N2O3/c1-4-14-9(13)8-6-11-10(15-5-2)12-7(8)3/h6H,4-5H2,1-3H3. The second-order valence-electron chi connectivity index (χ2n) is 2.81. The molecular formula is C10H14N2O3. The molecule has 0 atom stereocenters. The number of hydrogen-bond acceptors (Lipinski definition) is 5. The summed E-state index contributed by atoms with van der Waals surface area (Å²) in [5.41, 5.74) is 0.937. The van der Waals surface area contributed by atoms with Crippen LogP contribution in [0.3, 0.4) is 0 Å². The van der Waals surface area contributed by atoms with Gasteiger partial charge >= 0.3 is 12.0 Å². The number of esters is 1. The summed E-state index contributed by atoms with van der Waals surface area (Å²) in [6, 6.07) is 0.281. The maximum Gasteiger partial charge on any atom is 0.341 e. The molecule has 5 nitrogen and oxygen atoms in total. The molecule has 1 aromatic heterocycles. The molecule has 0 unspecified atom stereocenters. The second-order valence-corrected chi connectivity index (χ2v) is 2.81. The van der Waals surface area contributed by atoms with Gasteiger partial charge in [0.05, 0.1) is 24.5 Å². The van der Waals surface area contributed by atoms with E-state index in [1.807, 2.05) is 6.92 Å². The number of aryl methyl sites for hydroxylation is 1. The Morgan fingerprint density at radius 2 is 2.13 bits per heavy atom. The van der Waals surface area contributed by atoms with E-state index in [2.05, 4.69) is 9.97 Å². The number of carbonyl (C=O) groups is 1.